The summed E-state index contributed by atoms with van der Waals surface area (Å²) in [6, 6.07) is 5.67. The van der Waals surface area contributed by atoms with Crippen LogP contribution in [0.3, 0.4) is 0 Å². The van der Waals surface area contributed by atoms with Crippen LogP contribution in [0.2, 0.25) is 5.02 Å². The average Bonchev–Trinajstić information content (AvgIpc) is 2.57. The molecule has 0 bridgehead atoms. The summed E-state index contributed by atoms with van der Waals surface area (Å²) in [5.41, 5.74) is 7.29. The maximum absolute atomic E-state index is 9.31. The highest BCUT2D eigenvalue weighted by molar-refractivity contribution is 6.31. The van der Waals surface area contributed by atoms with E-state index in [4.69, 9.17) is 17.3 Å². The van der Waals surface area contributed by atoms with Crippen LogP contribution in [-0.4, -0.2) is 16.3 Å². The topological polar surface area (TPSA) is 51.2 Å². The highest BCUT2D eigenvalue weighted by Gasteiger charge is 2.24. The fourth-order valence-corrected chi connectivity index (χ4v) is 2.06. The molecule has 86 valence electrons. The predicted molar refractivity (Wildman–Crippen MR) is 66.6 cm³/mol. The summed E-state index contributed by atoms with van der Waals surface area (Å²) in [6.45, 7) is 1.73. The Kier molecular flexibility index (Phi) is 2.70. The number of rotatable bonds is 2. The van der Waals surface area contributed by atoms with Crippen molar-refractivity contribution in [3.8, 4) is 0 Å². The highest BCUT2D eigenvalue weighted by Crippen LogP contribution is 2.29. The van der Waals surface area contributed by atoms with Gasteiger partial charge in [-0.2, -0.15) is 0 Å². The minimum Gasteiger partial charge on any atom is -0.394 e. The van der Waals surface area contributed by atoms with Crippen LogP contribution in [0.25, 0.3) is 10.9 Å². The molecule has 2 rings (SSSR count). The number of hydrogen-bond acceptors (Lipinski definition) is 2. The summed E-state index contributed by atoms with van der Waals surface area (Å²) in [5, 5.41) is 11.0. The van der Waals surface area contributed by atoms with Crippen molar-refractivity contribution in [1.29, 1.82) is 0 Å². The zero-order chi connectivity index (χ0) is 11.9. The Morgan fingerprint density at radius 3 is 2.81 bits per heavy atom. The summed E-state index contributed by atoms with van der Waals surface area (Å²) in [4.78, 5) is 0. The first-order valence-corrected chi connectivity index (χ1v) is 5.48. The molecule has 0 aliphatic carbocycles. The van der Waals surface area contributed by atoms with Gasteiger partial charge in [-0.15, -0.1) is 0 Å². The highest BCUT2D eigenvalue weighted by atomic mass is 35.5. The Labute approximate surface area is 99.4 Å². The average molecular weight is 239 g/mol. The van der Waals surface area contributed by atoms with Crippen LogP contribution >= 0.6 is 11.6 Å². The van der Waals surface area contributed by atoms with Crippen molar-refractivity contribution in [2.24, 2.45) is 12.8 Å². The van der Waals surface area contributed by atoms with Crippen molar-refractivity contribution in [3.05, 3.63) is 35.0 Å². The Morgan fingerprint density at radius 2 is 2.19 bits per heavy atom. The summed E-state index contributed by atoms with van der Waals surface area (Å²) in [7, 11) is 1.94. The second kappa shape index (κ2) is 3.77. The van der Waals surface area contributed by atoms with E-state index < -0.39 is 5.54 Å². The quantitative estimate of drug-likeness (QED) is 0.841. The lowest BCUT2D eigenvalue weighted by atomic mass is 9.94. The second-order valence-electron chi connectivity index (χ2n) is 4.39. The van der Waals surface area contributed by atoms with Gasteiger partial charge in [-0.3, -0.25) is 0 Å². The molecule has 1 atom stereocenters. The largest absolute Gasteiger partial charge is 0.394 e. The Morgan fingerprint density at radius 1 is 1.50 bits per heavy atom. The van der Waals surface area contributed by atoms with Crippen LogP contribution in [0.1, 0.15) is 12.5 Å². The molecule has 0 saturated heterocycles. The fourth-order valence-electron chi connectivity index (χ4n) is 1.90. The van der Waals surface area contributed by atoms with Gasteiger partial charge in [-0.1, -0.05) is 17.7 Å². The minimum absolute atomic E-state index is 0.0886. The van der Waals surface area contributed by atoms with Gasteiger partial charge in [-0.25, -0.2) is 0 Å². The smallest absolute Gasteiger partial charge is 0.0651 e. The van der Waals surface area contributed by atoms with E-state index in [1.165, 1.54) is 0 Å². The normalized spacial score (nSPS) is 15.3. The molecule has 0 radical (unpaired) electrons. The summed E-state index contributed by atoms with van der Waals surface area (Å²) >= 11 is 5.95. The van der Waals surface area contributed by atoms with E-state index in [2.05, 4.69) is 0 Å². The van der Waals surface area contributed by atoms with Crippen molar-refractivity contribution < 1.29 is 5.11 Å². The molecule has 0 aliphatic heterocycles. The number of halogens is 1. The summed E-state index contributed by atoms with van der Waals surface area (Å²) in [5.74, 6) is 0. The molecule has 3 N–H and O–H groups in total. The first-order chi connectivity index (χ1) is 7.45. The molecule has 0 saturated carbocycles. The van der Waals surface area contributed by atoms with E-state index in [1.54, 1.807) is 0 Å². The standard InChI is InChI=1S/C12H15ClN2O/c1-12(14,7-16)10-6-15(2)11-5-8(13)3-4-9(10)11/h3-6,16H,7,14H2,1-2H3. The molecule has 2 aromatic rings. The monoisotopic (exact) mass is 238 g/mol. The van der Waals surface area contributed by atoms with Crippen LogP contribution in [0.5, 0.6) is 0 Å². The lowest BCUT2D eigenvalue weighted by Gasteiger charge is -2.21. The van der Waals surface area contributed by atoms with E-state index >= 15 is 0 Å². The van der Waals surface area contributed by atoms with Crippen LogP contribution in [-0.2, 0) is 12.6 Å². The Balaban J connectivity index is 2.73. The molecular formula is C12H15ClN2O. The van der Waals surface area contributed by atoms with Gasteiger partial charge in [0.25, 0.3) is 0 Å². The SMILES string of the molecule is Cn1cc(C(C)(N)CO)c2ccc(Cl)cc21. The molecule has 1 heterocycles. The third kappa shape index (κ3) is 1.71. The van der Waals surface area contributed by atoms with Crippen molar-refractivity contribution in [2.75, 3.05) is 6.61 Å². The molecule has 0 aliphatic rings. The van der Waals surface area contributed by atoms with Crippen LogP contribution < -0.4 is 5.73 Å². The Hall–Kier alpha value is -1.03. The molecule has 1 aromatic carbocycles. The lowest BCUT2D eigenvalue weighted by Crippen LogP contribution is -2.36. The van der Waals surface area contributed by atoms with E-state index in [9.17, 15) is 5.11 Å². The van der Waals surface area contributed by atoms with Gasteiger partial charge in [0, 0.05) is 29.2 Å². The molecule has 4 heteroatoms. The number of hydrogen-bond donors (Lipinski definition) is 2. The number of nitrogens with zero attached hydrogens (tertiary/aromatic N) is 1. The van der Waals surface area contributed by atoms with Crippen molar-refractivity contribution in [1.82, 2.24) is 4.57 Å². The third-order valence-corrected chi connectivity index (χ3v) is 3.13. The number of aliphatic hydroxyl groups is 1. The molecule has 1 unspecified atom stereocenters. The first kappa shape index (κ1) is 11.5. The van der Waals surface area contributed by atoms with Crippen molar-refractivity contribution in [2.45, 2.75) is 12.5 Å². The van der Waals surface area contributed by atoms with E-state index in [-0.39, 0.29) is 6.61 Å². The molecule has 0 fully saturated rings. The number of fused-ring (bicyclic) bond motifs is 1. The van der Waals surface area contributed by atoms with E-state index in [0.29, 0.717) is 5.02 Å². The Bertz CT molecular complexity index is 531. The first-order valence-electron chi connectivity index (χ1n) is 5.10. The number of benzene rings is 1. The predicted octanol–water partition coefficient (Wildman–Crippen LogP) is 2.00. The van der Waals surface area contributed by atoms with Gasteiger partial charge in [0.15, 0.2) is 0 Å². The van der Waals surface area contributed by atoms with Crippen molar-refractivity contribution >= 4 is 22.5 Å². The van der Waals surface area contributed by atoms with Gasteiger partial charge in [0.05, 0.1) is 12.1 Å². The maximum atomic E-state index is 9.31. The molecular weight excluding hydrogens is 224 g/mol. The molecule has 0 amide bonds. The van der Waals surface area contributed by atoms with Crippen LogP contribution in [0, 0.1) is 0 Å². The zero-order valence-corrected chi connectivity index (χ0v) is 10.1. The summed E-state index contributed by atoms with van der Waals surface area (Å²) in [6.07, 6.45) is 1.94. The van der Waals surface area contributed by atoms with Gasteiger partial charge < -0.3 is 15.4 Å². The molecule has 0 spiro atoms. The van der Waals surface area contributed by atoms with E-state index in [0.717, 1.165) is 16.5 Å². The van der Waals surface area contributed by atoms with Crippen LogP contribution in [0.4, 0.5) is 0 Å². The van der Waals surface area contributed by atoms with Crippen LogP contribution in [0.15, 0.2) is 24.4 Å². The molecule has 3 nitrogen and oxygen atoms in total. The molecule has 16 heavy (non-hydrogen) atoms. The number of aromatic nitrogens is 1. The van der Waals surface area contributed by atoms with E-state index in [1.807, 2.05) is 42.9 Å². The summed E-state index contributed by atoms with van der Waals surface area (Å²) < 4.78 is 1.97. The lowest BCUT2D eigenvalue weighted by molar-refractivity contribution is 0.211. The van der Waals surface area contributed by atoms with Gasteiger partial charge in [0.1, 0.15) is 0 Å². The minimum atomic E-state index is -0.729. The maximum Gasteiger partial charge on any atom is 0.0651 e. The second-order valence-corrected chi connectivity index (χ2v) is 4.83. The molecule has 1 aromatic heterocycles. The van der Waals surface area contributed by atoms with Crippen molar-refractivity contribution in [3.63, 3.8) is 0 Å². The number of aryl methyl sites for hydroxylation is 1. The van der Waals surface area contributed by atoms with Gasteiger partial charge in [-0.05, 0) is 24.6 Å². The third-order valence-electron chi connectivity index (χ3n) is 2.90. The zero-order valence-electron chi connectivity index (χ0n) is 9.37. The van der Waals surface area contributed by atoms with Gasteiger partial charge >= 0.3 is 0 Å². The fraction of sp³-hybridized carbons (Fsp3) is 0.333. The van der Waals surface area contributed by atoms with Gasteiger partial charge in [0.2, 0.25) is 0 Å². The number of aliphatic hydroxyl groups excluding tert-OH is 1. The number of nitrogens with two attached hydrogens (primary N) is 1.